The smallest absolute Gasteiger partial charge is 0.173 e. The second kappa shape index (κ2) is 5.98. The van der Waals surface area contributed by atoms with Gasteiger partial charge in [-0.15, -0.1) is 0 Å². The maximum Gasteiger partial charge on any atom is 0.173 e. The molecule has 1 heterocycles. The van der Waals surface area contributed by atoms with Gasteiger partial charge < -0.3 is 9.63 Å². The Kier molecular flexibility index (Phi) is 4.04. The van der Waals surface area contributed by atoms with E-state index in [9.17, 15) is 13.9 Å². The molecule has 0 atom stereocenters. The number of aromatic nitrogens is 1. The molecule has 3 aromatic rings. The summed E-state index contributed by atoms with van der Waals surface area (Å²) in [5.74, 6) is -1.30. The molecule has 1 aromatic heterocycles. The lowest BCUT2D eigenvalue weighted by atomic mass is 10.0. The molecule has 2 aromatic carbocycles. The van der Waals surface area contributed by atoms with E-state index in [4.69, 9.17) is 4.52 Å². The first-order chi connectivity index (χ1) is 10.6. The van der Waals surface area contributed by atoms with Crippen molar-refractivity contribution in [1.82, 2.24) is 5.16 Å². The SMILES string of the molecule is OCc1c(-c2ccccc2Br)noc1-c1cc(F)cc(F)c1. The number of benzene rings is 2. The zero-order chi connectivity index (χ0) is 15.7. The van der Waals surface area contributed by atoms with Gasteiger partial charge in [0.15, 0.2) is 5.76 Å². The molecule has 3 nitrogen and oxygen atoms in total. The van der Waals surface area contributed by atoms with E-state index in [1.165, 1.54) is 0 Å². The monoisotopic (exact) mass is 365 g/mol. The van der Waals surface area contributed by atoms with E-state index >= 15 is 0 Å². The fourth-order valence-corrected chi connectivity index (χ4v) is 2.71. The Hall–Kier alpha value is -2.05. The maximum absolute atomic E-state index is 13.4. The van der Waals surface area contributed by atoms with Gasteiger partial charge in [-0.2, -0.15) is 0 Å². The molecular weight excluding hydrogens is 356 g/mol. The minimum atomic E-state index is -0.724. The summed E-state index contributed by atoms with van der Waals surface area (Å²) in [5, 5.41) is 13.6. The second-order valence-corrected chi connectivity index (χ2v) is 5.49. The molecule has 3 rings (SSSR count). The summed E-state index contributed by atoms with van der Waals surface area (Å²) >= 11 is 3.40. The lowest BCUT2D eigenvalue weighted by molar-refractivity contribution is 0.281. The van der Waals surface area contributed by atoms with E-state index in [1.54, 1.807) is 6.07 Å². The van der Waals surface area contributed by atoms with Crippen molar-refractivity contribution < 1.29 is 18.4 Å². The molecule has 0 aliphatic rings. The topological polar surface area (TPSA) is 46.3 Å². The van der Waals surface area contributed by atoms with Crippen LogP contribution in [0.4, 0.5) is 8.78 Å². The van der Waals surface area contributed by atoms with Crippen LogP contribution in [0, 0.1) is 11.6 Å². The largest absolute Gasteiger partial charge is 0.391 e. The fraction of sp³-hybridized carbons (Fsp3) is 0.0625. The van der Waals surface area contributed by atoms with Gasteiger partial charge in [-0.1, -0.05) is 39.3 Å². The Bertz CT molecular complexity index is 813. The average Bonchev–Trinajstić information content (AvgIpc) is 2.90. The zero-order valence-electron chi connectivity index (χ0n) is 11.2. The molecule has 0 fully saturated rings. The first-order valence-corrected chi connectivity index (χ1v) is 7.20. The number of hydrogen-bond donors (Lipinski definition) is 1. The molecule has 0 aliphatic heterocycles. The average molecular weight is 366 g/mol. The number of hydrogen-bond acceptors (Lipinski definition) is 3. The van der Waals surface area contributed by atoms with Gasteiger partial charge in [0.1, 0.15) is 17.3 Å². The molecule has 0 unspecified atom stereocenters. The maximum atomic E-state index is 13.4. The van der Waals surface area contributed by atoms with E-state index in [0.717, 1.165) is 28.2 Å². The van der Waals surface area contributed by atoms with Crippen LogP contribution in [0.25, 0.3) is 22.6 Å². The van der Waals surface area contributed by atoms with Crippen LogP contribution >= 0.6 is 15.9 Å². The van der Waals surface area contributed by atoms with Crippen LogP contribution in [-0.2, 0) is 6.61 Å². The number of aliphatic hydroxyl groups excluding tert-OH is 1. The summed E-state index contributed by atoms with van der Waals surface area (Å²) < 4.78 is 32.7. The first kappa shape index (κ1) is 14.9. The highest BCUT2D eigenvalue weighted by molar-refractivity contribution is 9.10. The third-order valence-corrected chi connectivity index (χ3v) is 3.89. The van der Waals surface area contributed by atoms with Crippen molar-refractivity contribution in [2.45, 2.75) is 6.61 Å². The Morgan fingerprint density at radius 3 is 2.41 bits per heavy atom. The minimum absolute atomic E-state index is 0.145. The quantitative estimate of drug-likeness (QED) is 0.740. The molecule has 0 saturated heterocycles. The summed E-state index contributed by atoms with van der Waals surface area (Å²) in [6.07, 6.45) is 0. The molecule has 0 amide bonds. The van der Waals surface area contributed by atoms with Gasteiger partial charge in [-0.3, -0.25) is 0 Å². The molecule has 6 heteroatoms. The third kappa shape index (κ3) is 2.67. The number of halogens is 3. The Labute approximate surface area is 133 Å². The normalized spacial score (nSPS) is 10.9. The molecule has 112 valence electrons. The van der Waals surface area contributed by atoms with Crippen molar-refractivity contribution in [3.05, 3.63) is 64.1 Å². The van der Waals surface area contributed by atoms with Gasteiger partial charge in [-0.05, 0) is 18.2 Å². The highest BCUT2D eigenvalue weighted by atomic mass is 79.9. The van der Waals surface area contributed by atoms with Crippen LogP contribution in [0.1, 0.15) is 5.56 Å². The number of aliphatic hydroxyl groups is 1. The molecule has 0 saturated carbocycles. The summed E-state index contributed by atoms with van der Waals surface area (Å²) in [6.45, 7) is -0.367. The highest BCUT2D eigenvalue weighted by Crippen LogP contribution is 2.35. The molecule has 22 heavy (non-hydrogen) atoms. The number of nitrogens with zero attached hydrogens (tertiary/aromatic N) is 1. The molecule has 0 aliphatic carbocycles. The Morgan fingerprint density at radius 1 is 1.09 bits per heavy atom. The summed E-state index contributed by atoms with van der Waals surface area (Å²) in [5.41, 5.74) is 1.71. The first-order valence-electron chi connectivity index (χ1n) is 6.41. The van der Waals surface area contributed by atoms with E-state index < -0.39 is 11.6 Å². The predicted octanol–water partition coefficient (Wildman–Crippen LogP) is 4.54. The van der Waals surface area contributed by atoms with Crippen molar-refractivity contribution in [3.63, 3.8) is 0 Å². The van der Waals surface area contributed by atoms with Crippen LogP contribution < -0.4 is 0 Å². The molecule has 1 N–H and O–H groups in total. The van der Waals surface area contributed by atoms with Gasteiger partial charge in [0, 0.05) is 21.7 Å². The molecule has 0 spiro atoms. The minimum Gasteiger partial charge on any atom is -0.391 e. The van der Waals surface area contributed by atoms with Gasteiger partial charge >= 0.3 is 0 Å². The van der Waals surface area contributed by atoms with Crippen molar-refractivity contribution in [2.24, 2.45) is 0 Å². The molecular formula is C16H10BrF2NO2. The summed E-state index contributed by atoms with van der Waals surface area (Å²) in [4.78, 5) is 0. The van der Waals surface area contributed by atoms with Crippen molar-refractivity contribution >= 4 is 15.9 Å². The standard InChI is InChI=1S/C16H10BrF2NO2/c17-14-4-2-1-3-12(14)15-13(8-21)16(22-20-15)9-5-10(18)7-11(19)6-9/h1-7,21H,8H2. The summed E-state index contributed by atoms with van der Waals surface area (Å²) in [7, 11) is 0. The molecule has 0 radical (unpaired) electrons. The lowest BCUT2D eigenvalue weighted by Gasteiger charge is -2.03. The van der Waals surface area contributed by atoms with Gasteiger partial charge in [0.05, 0.1) is 12.2 Å². The lowest BCUT2D eigenvalue weighted by Crippen LogP contribution is -1.91. The van der Waals surface area contributed by atoms with Crippen LogP contribution in [-0.4, -0.2) is 10.3 Å². The van der Waals surface area contributed by atoms with Gasteiger partial charge in [0.2, 0.25) is 0 Å². The van der Waals surface area contributed by atoms with Crippen molar-refractivity contribution in [2.75, 3.05) is 0 Å². The highest BCUT2D eigenvalue weighted by Gasteiger charge is 2.20. The predicted molar refractivity (Wildman–Crippen MR) is 80.9 cm³/mol. The van der Waals surface area contributed by atoms with E-state index in [0.29, 0.717) is 11.3 Å². The Balaban J connectivity index is 2.18. The number of rotatable bonds is 3. The van der Waals surface area contributed by atoms with Crippen molar-refractivity contribution in [3.8, 4) is 22.6 Å². The van der Waals surface area contributed by atoms with Crippen LogP contribution in [0.3, 0.4) is 0 Å². The summed E-state index contributed by atoms with van der Waals surface area (Å²) in [6, 6.07) is 10.3. The second-order valence-electron chi connectivity index (χ2n) is 4.63. The Morgan fingerprint density at radius 2 is 1.77 bits per heavy atom. The van der Waals surface area contributed by atoms with Crippen molar-refractivity contribution in [1.29, 1.82) is 0 Å². The van der Waals surface area contributed by atoms with Crippen LogP contribution in [0.2, 0.25) is 0 Å². The zero-order valence-corrected chi connectivity index (χ0v) is 12.8. The van der Waals surface area contributed by atoms with Gasteiger partial charge in [-0.25, -0.2) is 8.78 Å². The van der Waals surface area contributed by atoms with E-state index in [-0.39, 0.29) is 17.9 Å². The van der Waals surface area contributed by atoms with Gasteiger partial charge in [0.25, 0.3) is 0 Å². The third-order valence-electron chi connectivity index (χ3n) is 3.20. The van der Waals surface area contributed by atoms with E-state index in [2.05, 4.69) is 21.1 Å². The fourth-order valence-electron chi connectivity index (χ4n) is 2.23. The molecule has 0 bridgehead atoms. The van der Waals surface area contributed by atoms with Crippen LogP contribution in [0.15, 0.2) is 51.5 Å². The van der Waals surface area contributed by atoms with Crippen LogP contribution in [0.5, 0.6) is 0 Å². The van der Waals surface area contributed by atoms with E-state index in [1.807, 2.05) is 18.2 Å².